The molecule has 0 spiro atoms. The zero-order chi connectivity index (χ0) is 9.97. The van der Waals surface area contributed by atoms with Crippen LogP contribution in [0.1, 0.15) is 12.8 Å². The van der Waals surface area contributed by atoms with Gasteiger partial charge in [-0.2, -0.15) is 8.75 Å². The number of aromatic nitrogens is 2. The third-order valence-corrected chi connectivity index (χ3v) is 3.23. The summed E-state index contributed by atoms with van der Waals surface area (Å²) in [7, 11) is 0. The van der Waals surface area contributed by atoms with Gasteiger partial charge in [0.1, 0.15) is 6.10 Å². The highest BCUT2D eigenvalue weighted by Gasteiger charge is 2.24. The highest BCUT2D eigenvalue weighted by atomic mass is 79.9. The molecule has 1 N–H and O–H groups in total. The number of carbonyl (C=O) groups excluding carboxylic acids is 1. The van der Waals surface area contributed by atoms with Crippen molar-refractivity contribution >= 4 is 39.4 Å². The number of nitrogens with zero attached hydrogens (tertiary/aromatic N) is 2. The molecule has 1 saturated heterocycles. The van der Waals surface area contributed by atoms with Gasteiger partial charge in [-0.3, -0.25) is 4.79 Å². The van der Waals surface area contributed by atoms with Crippen LogP contribution in [0.4, 0.5) is 5.82 Å². The number of halogens is 1. The summed E-state index contributed by atoms with van der Waals surface area (Å²) in [5, 5.41) is 2.66. The van der Waals surface area contributed by atoms with Crippen LogP contribution in [-0.4, -0.2) is 27.4 Å². The number of ether oxygens (including phenoxy) is 1. The molecular formula is C7H8BrN3O2S. The Labute approximate surface area is 93.3 Å². The zero-order valence-electron chi connectivity index (χ0n) is 7.20. The van der Waals surface area contributed by atoms with E-state index < -0.39 is 0 Å². The largest absolute Gasteiger partial charge is 0.368 e. The standard InChI is InChI=1S/C7H8BrN3O2S/c8-5-6(11-14-10-5)9-7(12)4-2-1-3-13-4/h4H,1-3H2,(H,9,11,12)/t4-/m1/s1. The normalized spacial score (nSPS) is 21.1. The topological polar surface area (TPSA) is 64.1 Å². The van der Waals surface area contributed by atoms with Crippen molar-refractivity contribution in [1.82, 2.24) is 8.75 Å². The molecule has 14 heavy (non-hydrogen) atoms. The molecule has 7 heteroatoms. The van der Waals surface area contributed by atoms with Gasteiger partial charge in [-0.15, -0.1) is 0 Å². The van der Waals surface area contributed by atoms with Crippen LogP contribution in [0.25, 0.3) is 0 Å². The fourth-order valence-electron chi connectivity index (χ4n) is 1.23. The first-order valence-corrected chi connectivity index (χ1v) is 5.70. The average molecular weight is 278 g/mol. The summed E-state index contributed by atoms with van der Waals surface area (Å²) in [5.41, 5.74) is 0. The van der Waals surface area contributed by atoms with E-state index >= 15 is 0 Å². The Morgan fingerprint density at radius 1 is 1.64 bits per heavy atom. The second kappa shape index (κ2) is 4.33. The van der Waals surface area contributed by atoms with Gasteiger partial charge in [-0.05, 0) is 28.8 Å². The van der Waals surface area contributed by atoms with Gasteiger partial charge in [-0.1, -0.05) is 0 Å². The van der Waals surface area contributed by atoms with Crippen LogP contribution in [0.5, 0.6) is 0 Å². The van der Waals surface area contributed by atoms with Crippen molar-refractivity contribution in [2.45, 2.75) is 18.9 Å². The lowest BCUT2D eigenvalue weighted by molar-refractivity contribution is -0.124. The summed E-state index contributed by atoms with van der Waals surface area (Å²) in [6.07, 6.45) is 1.39. The molecule has 1 aromatic heterocycles. The molecule has 2 rings (SSSR count). The minimum Gasteiger partial charge on any atom is -0.368 e. The summed E-state index contributed by atoms with van der Waals surface area (Å²) in [6.45, 7) is 0.661. The van der Waals surface area contributed by atoms with Gasteiger partial charge < -0.3 is 10.1 Å². The lowest BCUT2D eigenvalue weighted by Crippen LogP contribution is -2.27. The molecule has 0 radical (unpaired) electrons. The Morgan fingerprint density at radius 2 is 2.50 bits per heavy atom. The van der Waals surface area contributed by atoms with Gasteiger partial charge in [0, 0.05) is 6.61 Å². The zero-order valence-corrected chi connectivity index (χ0v) is 9.60. The summed E-state index contributed by atoms with van der Waals surface area (Å²) in [5.74, 6) is 0.325. The molecule has 0 saturated carbocycles. The smallest absolute Gasteiger partial charge is 0.254 e. The summed E-state index contributed by atoms with van der Waals surface area (Å²) in [4.78, 5) is 11.5. The number of hydrogen-bond donors (Lipinski definition) is 1. The lowest BCUT2D eigenvalue weighted by Gasteiger charge is -2.07. The number of carbonyl (C=O) groups is 1. The van der Waals surface area contributed by atoms with Crippen molar-refractivity contribution in [2.24, 2.45) is 0 Å². The van der Waals surface area contributed by atoms with E-state index in [1.165, 1.54) is 0 Å². The molecule has 0 aromatic carbocycles. The van der Waals surface area contributed by atoms with Crippen LogP contribution in [0.15, 0.2) is 4.60 Å². The van der Waals surface area contributed by atoms with Crippen molar-refractivity contribution in [3.63, 3.8) is 0 Å². The second-order valence-corrected chi connectivity index (χ2v) is 4.17. The molecule has 1 aliphatic rings. The van der Waals surface area contributed by atoms with Crippen LogP contribution in [-0.2, 0) is 9.53 Å². The molecular weight excluding hydrogens is 270 g/mol. The Bertz CT molecular complexity index is 337. The van der Waals surface area contributed by atoms with E-state index in [0.717, 1.165) is 24.6 Å². The van der Waals surface area contributed by atoms with Crippen molar-refractivity contribution in [2.75, 3.05) is 11.9 Å². The van der Waals surface area contributed by atoms with Gasteiger partial charge in [0.05, 0.1) is 11.7 Å². The molecule has 0 unspecified atom stereocenters. The van der Waals surface area contributed by atoms with E-state index in [4.69, 9.17) is 4.74 Å². The minimum absolute atomic E-state index is 0.143. The number of rotatable bonds is 2. The van der Waals surface area contributed by atoms with Gasteiger partial charge in [0.25, 0.3) is 5.91 Å². The lowest BCUT2D eigenvalue weighted by atomic mass is 10.2. The van der Waals surface area contributed by atoms with Gasteiger partial charge in [-0.25, -0.2) is 0 Å². The molecule has 1 atom stereocenters. The Morgan fingerprint density at radius 3 is 3.07 bits per heavy atom. The maximum Gasteiger partial charge on any atom is 0.254 e. The Hall–Kier alpha value is -0.530. The first-order chi connectivity index (χ1) is 6.77. The summed E-state index contributed by atoms with van der Waals surface area (Å²) in [6, 6.07) is 0. The third-order valence-electron chi connectivity index (χ3n) is 1.91. The van der Waals surface area contributed by atoms with Gasteiger partial charge in [0.15, 0.2) is 10.4 Å². The van der Waals surface area contributed by atoms with E-state index in [1.807, 2.05) is 0 Å². The summed E-state index contributed by atoms with van der Waals surface area (Å²) >= 11 is 4.23. The van der Waals surface area contributed by atoms with Crippen LogP contribution in [0.2, 0.25) is 0 Å². The molecule has 0 aliphatic carbocycles. The molecule has 1 amide bonds. The van der Waals surface area contributed by atoms with Crippen molar-refractivity contribution in [1.29, 1.82) is 0 Å². The van der Waals surface area contributed by atoms with E-state index in [1.54, 1.807) is 0 Å². The molecule has 0 bridgehead atoms. The minimum atomic E-state index is -0.330. The van der Waals surface area contributed by atoms with E-state index in [9.17, 15) is 4.79 Å². The fraction of sp³-hybridized carbons (Fsp3) is 0.571. The fourth-order valence-corrected chi connectivity index (χ4v) is 2.15. The van der Waals surface area contributed by atoms with E-state index in [0.29, 0.717) is 17.0 Å². The maximum atomic E-state index is 11.5. The first kappa shape index (κ1) is 10.0. The number of hydrogen-bond acceptors (Lipinski definition) is 5. The number of amides is 1. The highest BCUT2D eigenvalue weighted by molar-refractivity contribution is 9.10. The summed E-state index contributed by atoms with van der Waals surface area (Å²) < 4.78 is 13.6. The Kier molecular flexibility index (Phi) is 3.09. The van der Waals surface area contributed by atoms with Gasteiger partial charge in [0.2, 0.25) is 0 Å². The van der Waals surface area contributed by atoms with E-state index in [2.05, 4.69) is 30.0 Å². The average Bonchev–Trinajstić information content (AvgIpc) is 2.77. The molecule has 76 valence electrons. The van der Waals surface area contributed by atoms with Crippen LogP contribution < -0.4 is 5.32 Å². The van der Waals surface area contributed by atoms with E-state index in [-0.39, 0.29) is 12.0 Å². The number of anilines is 1. The van der Waals surface area contributed by atoms with Crippen molar-refractivity contribution < 1.29 is 9.53 Å². The maximum absolute atomic E-state index is 11.5. The molecule has 2 heterocycles. The molecule has 1 aliphatic heterocycles. The predicted molar refractivity (Wildman–Crippen MR) is 55.2 cm³/mol. The monoisotopic (exact) mass is 277 g/mol. The third kappa shape index (κ3) is 2.10. The Balaban J connectivity index is 1.97. The SMILES string of the molecule is O=C(Nc1nsnc1Br)[C@H]1CCCO1. The predicted octanol–water partition coefficient (Wildman–Crippen LogP) is 1.42. The quantitative estimate of drug-likeness (QED) is 0.888. The van der Waals surface area contributed by atoms with Crippen molar-refractivity contribution in [3.05, 3.63) is 4.60 Å². The highest BCUT2D eigenvalue weighted by Crippen LogP contribution is 2.20. The van der Waals surface area contributed by atoms with Crippen LogP contribution >= 0.6 is 27.7 Å². The molecule has 1 fully saturated rings. The van der Waals surface area contributed by atoms with Crippen molar-refractivity contribution in [3.8, 4) is 0 Å². The first-order valence-electron chi connectivity index (χ1n) is 4.18. The second-order valence-electron chi connectivity index (χ2n) is 2.89. The molecule has 5 nitrogen and oxygen atoms in total. The van der Waals surface area contributed by atoms with Crippen LogP contribution in [0, 0.1) is 0 Å². The molecule has 1 aromatic rings. The van der Waals surface area contributed by atoms with Crippen LogP contribution in [0.3, 0.4) is 0 Å². The van der Waals surface area contributed by atoms with Gasteiger partial charge >= 0.3 is 0 Å². The number of nitrogens with one attached hydrogen (secondary N) is 1.